The van der Waals surface area contributed by atoms with E-state index >= 15 is 0 Å². The summed E-state index contributed by atoms with van der Waals surface area (Å²) in [5, 5.41) is 17.1. The second-order valence-corrected chi connectivity index (χ2v) is 1.85. The van der Waals surface area contributed by atoms with E-state index in [0.29, 0.717) is 0 Å². The van der Waals surface area contributed by atoms with Crippen LogP contribution in [-0.2, 0) is 20.4 Å². The summed E-state index contributed by atoms with van der Waals surface area (Å²) in [7, 11) is 0. The SMILES string of the molecule is O=C(O)c1ccc(O)cc1.[Re]. The molecule has 1 rings (SSSR count). The number of carboxylic acids is 1. The molecule has 0 heterocycles. The number of benzene rings is 1. The van der Waals surface area contributed by atoms with Crippen LogP contribution in [0.2, 0.25) is 0 Å². The Morgan fingerprint density at radius 2 is 1.64 bits per heavy atom. The monoisotopic (exact) mass is 325 g/mol. The Bertz CT molecular complexity index is 242. The van der Waals surface area contributed by atoms with E-state index < -0.39 is 5.97 Å². The Kier molecular flexibility index (Phi) is 3.80. The molecule has 0 unspecified atom stereocenters. The molecule has 0 aliphatic carbocycles. The molecular weight excluding hydrogens is 318 g/mol. The Hall–Kier alpha value is -0.848. The van der Waals surface area contributed by atoms with E-state index in [1.165, 1.54) is 24.3 Å². The summed E-state index contributed by atoms with van der Waals surface area (Å²) >= 11 is 0. The first-order valence-corrected chi connectivity index (χ1v) is 2.72. The zero-order valence-corrected chi connectivity index (χ0v) is 8.21. The van der Waals surface area contributed by atoms with Crippen LogP contribution in [0.4, 0.5) is 0 Å². The Labute approximate surface area is 77.3 Å². The van der Waals surface area contributed by atoms with Gasteiger partial charge in [-0.1, -0.05) is 0 Å². The molecular formula is C7H6O3Re. The van der Waals surface area contributed by atoms with Crippen molar-refractivity contribution in [2.45, 2.75) is 0 Å². The minimum absolute atomic E-state index is 0. The summed E-state index contributed by atoms with van der Waals surface area (Å²) in [5.41, 5.74) is 0.179. The van der Waals surface area contributed by atoms with Gasteiger partial charge in [-0.05, 0) is 24.3 Å². The molecule has 59 valence electrons. The van der Waals surface area contributed by atoms with Gasteiger partial charge in [0.2, 0.25) is 0 Å². The molecule has 0 fully saturated rings. The van der Waals surface area contributed by atoms with Crippen molar-refractivity contribution in [3.63, 3.8) is 0 Å². The number of aromatic carboxylic acids is 1. The van der Waals surface area contributed by atoms with Crippen molar-refractivity contribution in [1.82, 2.24) is 0 Å². The van der Waals surface area contributed by atoms with Gasteiger partial charge in [0.1, 0.15) is 5.75 Å². The largest absolute Gasteiger partial charge is 0.508 e. The predicted octanol–water partition coefficient (Wildman–Crippen LogP) is 1.09. The summed E-state index contributed by atoms with van der Waals surface area (Å²) < 4.78 is 0. The molecule has 1 radical (unpaired) electrons. The normalized spacial score (nSPS) is 8.36. The van der Waals surface area contributed by atoms with E-state index in [0.717, 1.165) is 0 Å². The second kappa shape index (κ2) is 4.12. The third kappa shape index (κ3) is 2.71. The van der Waals surface area contributed by atoms with Crippen LogP contribution >= 0.6 is 0 Å². The maximum atomic E-state index is 10.2. The Morgan fingerprint density at radius 3 is 2.00 bits per heavy atom. The fourth-order valence-electron chi connectivity index (χ4n) is 0.604. The second-order valence-electron chi connectivity index (χ2n) is 1.85. The van der Waals surface area contributed by atoms with E-state index in [4.69, 9.17) is 10.2 Å². The van der Waals surface area contributed by atoms with E-state index in [1.807, 2.05) is 0 Å². The van der Waals surface area contributed by atoms with E-state index in [-0.39, 0.29) is 31.7 Å². The van der Waals surface area contributed by atoms with Crippen molar-refractivity contribution in [3.8, 4) is 5.75 Å². The van der Waals surface area contributed by atoms with Gasteiger partial charge in [-0.25, -0.2) is 4.79 Å². The minimum atomic E-state index is -0.986. The predicted molar refractivity (Wildman–Crippen MR) is 35.1 cm³/mol. The van der Waals surface area contributed by atoms with Crippen molar-refractivity contribution in [1.29, 1.82) is 0 Å². The number of carboxylic acid groups (broad SMARTS) is 1. The molecule has 4 heteroatoms. The number of carbonyl (C=O) groups is 1. The number of aromatic hydroxyl groups is 1. The quantitative estimate of drug-likeness (QED) is 0.813. The van der Waals surface area contributed by atoms with Crippen LogP contribution in [0.5, 0.6) is 5.75 Å². The first kappa shape index (κ1) is 10.2. The summed E-state index contributed by atoms with van der Waals surface area (Å²) in [4.78, 5) is 10.2. The van der Waals surface area contributed by atoms with Crippen molar-refractivity contribution in [2.75, 3.05) is 0 Å². The van der Waals surface area contributed by atoms with Crippen molar-refractivity contribution in [2.24, 2.45) is 0 Å². The molecule has 1 aromatic rings. The number of hydrogen-bond acceptors (Lipinski definition) is 2. The van der Waals surface area contributed by atoms with Gasteiger partial charge >= 0.3 is 5.97 Å². The fourth-order valence-corrected chi connectivity index (χ4v) is 0.604. The number of rotatable bonds is 1. The molecule has 11 heavy (non-hydrogen) atoms. The van der Waals surface area contributed by atoms with Crippen LogP contribution in [0.3, 0.4) is 0 Å². The molecule has 1 aromatic carbocycles. The van der Waals surface area contributed by atoms with Gasteiger partial charge in [0.25, 0.3) is 0 Å². The van der Waals surface area contributed by atoms with Crippen molar-refractivity contribution < 1.29 is 35.4 Å². The number of hydrogen-bond donors (Lipinski definition) is 2. The first-order chi connectivity index (χ1) is 4.70. The summed E-state index contributed by atoms with van der Waals surface area (Å²) in [6, 6.07) is 5.36. The number of phenols is 1. The Morgan fingerprint density at radius 1 is 1.18 bits per heavy atom. The van der Waals surface area contributed by atoms with E-state index in [9.17, 15) is 4.79 Å². The van der Waals surface area contributed by atoms with Gasteiger partial charge in [-0.2, -0.15) is 0 Å². The molecule has 0 spiro atoms. The molecule has 0 amide bonds. The Balaban J connectivity index is 0.000001000. The zero-order chi connectivity index (χ0) is 7.56. The minimum Gasteiger partial charge on any atom is -0.508 e. The molecule has 0 atom stereocenters. The molecule has 0 saturated heterocycles. The van der Waals surface area contributed by atoms with Crippen LogP contribution < -0.4 is 0 Å². The molecule has 0 aliphatic rings. The van der Waals surface area contributed by atoms with Crippen LogP contribution in [0.15, 0.2) is 24.3 Å². The molecule has 0 saturated carbocycles. The van der Waals surface area contributed by atoms with Gasteiger partial charge in [-0.15, -0.1) is 0 Å². The fraction of sp³-hybridized carbons (Fsp3) is 0. The summed E-state index contributed by atoms with van der Waals surface area (Å²) in [6.07, 6.45) is 0. The van der Waals surface area contributed by atoms with Crippen LogP contribution in [0, 0.1) is 0 Å². The molecule has 0 aromatic heterocycles. The van der Waals surface area contributed by atoms with Crippen molar-refractivity contribution in [3.05, 3.63) is 29.8 Å². The van der Waals surface area contributed by atoms with Gasteiger partial charge in [0.05, 0.1) is 5.56 Å². The molecule has 2 N–H and O–H groups in total. The van der Waals surface area contributed by atoms with E-state index in [1.54, 1.807) is 0 Å². The number of phenolic OH excluding ortho intramolecular Hbond substituents is 1. The van der Waals surface area contributed by atoms with Crippen LogP contribution in [-0.4, -0.2) is 16.2 Å². The van der Waals surface area contributed by atoms with Gasteiger partial charge in [0.15, 0.2) is 0 Å². The van der Waals surface area contributed by atoms with Gasteiger partial charge in [0, 0.05) is 20.4 Å². The summed E-state index contributed by atoms with van der Waals surface area (Å²) in [6.45, 7) is 0. The standard InChI is InChI=1S/C7H6O3.Re/c8-6-3-1-5(2-4-6)7(9)10;/h1-4,8H,(H,9,10);. The zero-order valence-electron chi connectivity index (χ0n) is 5.49. The topological polar surface area (TPSA) is 57.5 Å². The third-order valence-electron chi connectivity index (χ3n) is 1.11. The average molecular weight is 324 g/mol. The molecule has 0 aliphatic heterocycles. The maximum absolute atomic E-state index is 10.2. The van der Waals surface area contributed by atoms with Crippen molar-refractivity contribution >= 4 is 5.97 Å². The average Bonchev–Trinajstić information content (AvgIpc) is 1.88. The van der Waals surface area contributed by atoms with E-state index in [2.05, 4.69) is 0 Å². The maximum Gasteiger partial charge on any atom is 0.335 e. The van der Waals surface area contributed by atoms with Gasteiger partial charge in [-0.3, -0.25) is 0 Å². The molecule has 3 nitrogen and oxygen atoms in total. The smallest absolute Gasteiger partial charge is 0.335 e. The summed E-state index contributed by atoms with van der Waals surface area (Å²) in [5.74, 6) is -0.912. The first-order valence-electron chi connectivity index (χ1n) is 2.72. The van der Waals surface area contributed by atoms with Crippen LogP contribution in [0.25, 0.3) is 0 Å². The van der Waals surface area contributed by atoms with Crippen LogP contribution in [0.1, 0.15) is 10.4 Å². The third-order valence-corrected chi connectivity index (χ3v) is 1.11. The molecule has 0 bridgehead atoms. The van der Waals surface area contributed by atoms with Gasteiger partial charge < -0.3 is 10.2 Å².